The van der Waals surface area contributed by atoms with Crippen LogP contribution in [0.4, 0.5) is 8.78 Å². The molecule has 2 N–H and O–H groups in total. The number of aliphatic imine (C=N–C) groups is 1. The minimum absolute atomic E-state index is 0. The van der Waals surface area contributed by atoms with Gasteiger partial charge >= 0.3 is 0 Å². The summed E-state index contributed by atoms with van der Waals surface area (Å²) in [6, 6.07) is 3.45. The molecular formula is C17H24F2IN5O. The Morgan fingerprint density at radius 3 is 2.54 bits per heavy atom. The van der Waals surface area contributed by atoms with E-state index in [1.807, 2.05) is 25.6 Å². The lowest BCUT2D eigenvalue weighted by molar-refractivity contribution is 0.318. The Kier molecular flexibility index (Phi) is 8.76. The normalized spacial score (nSPS) is 11.1. The number of nitrogens with zero attached hydrogens (tertiary/aromatic N) is 3. The Labute approximate surface area is 169 Å². The van der Waals surface area contributed by atoms with Crippen LogP contribution in [-0.2, 0) is 13.6 Å². The van der Waals surface area contributed by atoms with Gasteiger partial charge in [-0.05, 0) is 26.0 Å². The average Bonchev–Trinajstić information content (AvgIpc) is 2.83. The van der Waals surface area contributed by atoms with Gasteiger partial charge in [-0.25, -0.2) is 8.78 Å². The predicted molar refractivity (Wildman–Crippen MR) is 108 cm³/mol. The number of hydrogen-bond donors (Lipinski definition) is 2. The van der Waals surface area contributed by atoms with Gasteiger partial charge in [0.15, 0.2) is 17.6 Å². The second-order valence-corrected chi connectivity index (χ2v) is 5.55. The van der Waals surface area contributed by atoms with Crippen LogP contribution in [0.15, 0.2) is 23.2 Å². The fourth-order valence-electron chi connectivity index (χ4n) is 2.37. The van der Waals surface area contributed by atoms with E-state index in [0.717, 1.165) is 29.1 Å². The second-order valence-electron chi connectivity index (χ2n) is 5.55. The van der Waals surface area contributed by atoms with Crippen LogP contribution in [0.1, 0.15) is 17.0 Å². The van der Waals surface area contributed by atoms with Crippen molar-refractivity contribution in [2.45, 2.75) is 20.4 Å². The highest BCUT2D eigenvalue weighted by Gasteiger charge is 2.09. The van der Waals surface area contributed by atoms with E-state index >= 15 is 0 Å². The number of ether oxygens (including phenoxy) is 1. The van der Waals surface area contributed by atoms with Crippen LogP contribution < -0.4 is 15.4 Å². The Balaban J connectivity index is 0.00000338. The Bertz CT molecular complexity index is 764. The standard InChI is InChI=1S/C17H23F2N5O.HI/c1-11-14(12(2)24(4)23-11)10-22-17(20-3)21-7-8-25-13-5-6-15(18)16(19)9-13;/h5-6,9H,7-8,10H2,1-4H3,(H2,20,21,22);1H. The van der Waals surface area contributed by atoms with Gasteiger partial charge in [-0.3, -0.25) is 9.67 Å². The third kappa shape index (κ3) is 5.82. The number of halogens is 3. The molecule has 26 heavy (non-hydrogen) atoms. The van der Waals surface area contributed by atoms with E-state index in [0.29, 0.717) is 19.0 Å². The Morgan fingerprint density at radius 1 is 1.23 bits per heavy atom. The molecule has 0 atom stereocenters. The third-order valence-electron chi connectivity index (χ3n) is 3.87. The number of aromatic nitrogens is 2. The van der Waals surface area contributed by atoms with Crippen LogP contribution >= 0.6 is 24.0 Å². The first-order valence-corrected chi connectivity index (χ1v) is 7.93. The number of benzene rings is 1. The van der Waals surface area contributed by atoms with E-state index in [9.17, 15) is 8.78 Å². The van der Waals surface area contributed by atoms with Gasteiger partial charge in [-0.1, -0.05) is 0 Å². The lowest BCUT2D eigenvalue weighted by Crippen LogP contribution is -2.39. The molecule has 6 nitrogen and oxygen atoms in total. The highest BCUT2D eigenvalue weighted by molar-refractivity contribution is 14.0. The summed E-state index contributed by atoms with van der Waals surface area (Å²) in [4.78, 5) is 4.14. The summed E-state index contributed by atoms with van der Waals surface area (Å²) in [6.45, 7) is 5.34. The van der Waals surface area contributed by atoms with Gasteiger partial charge in [0.2, 0.25) is 0 Å². The monoisotopic (exact) mass is 479 g/mol. The molecular weight excluding hydrogens is 455 g/mol. The molecule has 0 unspecified atom stereocenters. The van der Waals surface area contributed by atoms with Crippen LogP contribution in [0.5, 0.6) is 5.75 Å². The van der Waals surface area contributed by atoms with E-state index in [2.05, 4.69) is 20.7 Å². The number of nitrogens with one attached hydrogen (secondary N) is 2. The van der Waals surface area contributed by atoms with Crippen LogP contribution in [0, 0.1) is 25.5 Å². The Hall–Kier alpha value is -1.91. The SMILES string of the molecule is CN=C(NCCOc1ccc(F)c(F)c1)NCc1c(C)nn(C)c1C.I. The lowest BCUT2D eigenvalue weighted by atomic mass is 10.2. The minimum atomic E-state index is -0.926. The molecule has 1 heterocycles. The van der Waals surface area contributed by atoms with Crippen molar-refractivity contribution in [3.8, 4) is 5.75 Å². The molecule has 1 aromatic heterocycles. The maximum absolute atomic E-state index is 13.1. The quantitative estimate of drug-likeness (QED) is 0.290. The van der Waals surface area contributed by atoms with Gasteiger partial charge in [-0.2, -0.15) is 5.10 Å². The fraction of sp³-hybridized carbons (Fsp3) is 0.412. The summed E-state index contributed by atoms with van der Waals surface area (Å²) in [5.74, 6) is -0.914. The van der Waals surface area contributed by atoms with Crippen molar-refractivity contribution in [2.24, 2.45) is 12.0 Å². The summed E-state index contributed by atoms with van der Waals surface area (Å²) in [5.41, 5.74) is 3.20. The van der Waals surface area contributed by atoms with E-state index in [1.54, 1.807) is 7.05 Å². The molecule has 0 saturated heterocycles. The predicted octanol–water partition coefficient (Wildman–Crippen LogP) is 2.68. The molecule has 0 amide bonds. The topological polar surface area (TPSA) is 63.5 Å². The van der Waals surface area contributed by atoms with E-state index < -0.39 is 11.6 Å². The van der Waals surface area contributed by atoms with Gasteiger partial charge in [0.25, 0.3) is 0 Å². The van der Waals surface area contributed by atoms with Crippen LogP contribution in [-0.4, -0.2) is 35.9 Å². The molecule has 0 radical (unpaired) electrons. The van der Waals surface area contributed by atoms with Gasteiger partial charge in [-0.15, -0.1) is 24.0 Å². The lowest BCUT2D eigenvalue weighted by Gasteiger charge is -2.13. The van der Waals surface area contributed by atoms with Crippen molar-refractivity contribution in [3.05, 3.63) is 46.8 Å². The fourth-order valence-corrected chi connectivity index (χ4v) is 2.37. The van der Waals surface area contributed by atoms with Crippen molar-refractivity contribution in [3.63, 3.8) is 0 Å². The number of guanidine groups is 1. The van der Waals surface area contributed by atoms with Gasteiger partial charge in [0.05, 0.1) is 12.2 Å². The Morgan fingerprint density at radius 2 is 1.96 bits per heavy atom. The first-order valence-electron chi connectivity index (χ1n) is 7.93. The van der Waals surface area contributed by atoms with Crippen molar-refractivity contribution in [2.75, 3.05) is 20.2 Å². The van der Waals surface area contributed by atoms with Crippen LogP contribution in [0.3, 0.4) is 0 Å². The van der Waals surface area contributed by atoms with E-state index in [4.69, 9.17) is 4.74 Å². The van der Waals surface area contributed by atoms with Gasteiger partial charge < -0.3 is 15.4 Å². The highest BCUT2D eigenvalue weighted by atomic mass is 127. The zero-order valence-corrected chi connectivity index (χ0v) is 17.6. The van der Waals surface area contributed by atoms with Crippen molar-refractivity contribution < 1.29 is 13.5 Å². The third-order valence-corrected chi connectivity index (χ3v) is 3.87. The minimum Gasteiger partial charge on any atom is -0.492 e. The maximum Gasteiger partial charge on any atom is 0.191 e. The molecule has 0 fully saturated rings. The zero-order valence-electron chi connectivity index (χ0n) is 15.3. The number of aryl methyl sites for hydroxylation is 2. The summed E-state index contributed by atoms with van der Waals surface area (Å²) in [6.07, 6.45) is 0. The molecule has 0 aliphatic heterocycles. The first kappa shape index (κ1) is 22.1. The van der Waals surface area contributed by atoms with E-state index in [1.165, 1.54) is 6.07 Å². The molecule has 2 rings (SSSR count). The summed E-state index contributed by atoms with van der Waals surface area (Å²) in [5, 5.41) is 10.7. The molecule has 9 heteroatoms. The second kappa shape index (κ2) is 10.3. The summed E-state index contributed by atoms with van der Waals surface area (Å²) >= 11 is 0. The van der Waals surface area contributed by atoms with Crippen molar-refractivity contribution in [1.82, 2.24) is 20.4 Å². The smallest absolute Gasteiger partial charge is 0.191 e. The molecule has 0 saturated carbocycles. The molecule has 0 aliphatic carbocycles. The molecule has 1 aromatic carbocycles. The number of hydrogen-bond acceptors (Lipinski definition) is 3. The maximum atomic E-state index is 13.1. The molecule has 0 spiro atoms. The molecule has 144 valence electrons. The van der Waals surface area contributed by atoms with E-state index in [-0.39, 0.29) is 36.3 Å². The van der Waals surface area contributed by atoms with Gasteiger partial charge in [0, 0.05) is 38.0 Å². The van der Waals surface area contributed by atoms with Crippen molar-refractivity contribution >= 4 is 29.9 Å². The summed E-state index contributed by atoms with van der Waals surface area (Å²) < 4.78 is 33.2. The number of rotatable bonds is 6. The molecule has 2 aromatic rings. The van der Waals surface area contributed by atoms with Crippen LogP contribution in [0.2, 0.25) is 0 Å². The first-order chi connectivity index (χ1) is 11.9. The summed E-state index contributed by atoms with van der Waals surface area (Å²) in [7, 11) is 3.59. The largest absolute Gasteiger partial charge is 0.492 e. The average molecular weight is 479 g/mol. The van der Waals surface area contributed by atoms with Gasteiger partial charge in [0.1, 0.15) is 12.4 Å². The van der Waals surface area contributed by atoms with Crippen molar-refractivity contribution in [1.29, 1.82) is 0 Å². The zero-order chi connectivity index (χ0) is 18.4. The van der Waals surface area contributed by atoms with Crippen LogP contribution in [0.25, 0.3) is 0 Å². The molecule has 0 bridgehead atoms. The highest BCUT2D eigenvalue weighted by Crippen LogP contribution is 2.15. The molecule has 0 aliphatic rings.